The maximum atomic E-state index is 12.6. The lowest BCUT2D eigenvalue weighted by Crippen LogP contribution is -2.44. The van der Waals surface area contributed by atoms with Gasteiger partial charge in [-0.3, -0.25) is 4.79 Å². The summed E-state index contributed by atoms with van der Waals surface area (Å²) in [5, 5.41) is 3.35. The second-order valence-corrected chi connectivity index (χ2v) is 6.49. The second-order valence-electron chi connectivity index (χ2n) is 6.49. The molecule has 0 aromatic heterocycles. The molecule has 0 atom stereocenters. The molecule has 2 aromatic rings. The maximum absolute atomic E-state index is 12.6. The first kappa shape index (κ1) is 16.7. The summed E-state index contributed by atoms with van der Waals surface area (Å²) in [6.07, 6.45) is 2.43. The van der Waals surface area contributed by atoms with Crippen LogP contribution in [0.25, 0.3) is 11.1 Å². The van der Waals surface area contributed by atoms with Crippen LogP contribution in [0.3, 0.4) is 0 Å². The largest absolute Gasteiger partial charge is 0.466 e. The molecule has 0 amide bonds. The molecule has 1 heterocycles. The molecule has 0 unspecified atom stereocenters. The lowest BCUT2D eigenvalue weighted by Gasteiger charge is -2.35. The minimum Gasteiger partial charge on any atom is -0.466 e. The van der Waals surface area contributed by atoms with Crippen LogP contribution in [0, 0.1) is 5.41 Å². The maximum Gasteiger partial charge on any atom is 0.312 e. The van der Waals surface area contributed by atoms with E-state index in [4.69, 9.17) is 4.74 Å². The normalized spacial score (nSPS) is 16.5. The number of hydrogen-bond donors (Lipinski definition) is 1. The van der Waals surface area contributed by atoms with Crippen molar-refractivity contribution in [3.63, 3.8) is 0 Å². The Bertz CT molecular complexity index is 658. The number of carbonyl (C=O) groups is 1. The molecule has 0 radical (unpaired) electrons. The molecular formula is C21H25NO2. The number of nitrogens with one attached hydrogen (secondary N) is 1. The van der Waals surface area contributed by atoms with Crippen LogP contribution in [0.2, 0.25) is 0 Å². The smallest absolute Gasteiger partial charge is 0.312 e. The van der Waals surface area contributed by atoms with Crippen molar-refractivity contribution in [1.82, 2.24) is 5.32 Å². The topological polar surface area (TPSA) is 38.3 Å². The van der Waals surface area contributed by atoms with Crippen LogP contribution in [0.5, 0.6) is 0 Å². The Morgan fingerprint density at radius 3 is 2.25 bits per heavy atom. The average molecular weight is 323 g/mol. The zero-order valence-corrected chi connectivity index (χ0v) is 14.3. The molecular weight excluding hydrogens is 298 g/mol. The average Bonchev–Trinajstić information content (AvgIpc) is 2.64. The van der Waals surface area contributed by atoms with E-state index in [-0.39, 0.29) is 11.4 Å². The standard InChI is InChI=1S/C21H25NO2/c1-2-24-20(23)21(12-14-22-15-13-21)16-17-8-10-19(11-9-17)18-6-4-3-5-7-18/h3-11,22H,2,12-16H2,1H3. The van der Waals surface area contributed by atoms with Crippen LogP contribution in [-0.4, -0.2) is 25.7 Å². The van der Waals surface area contributed by atoms with Gasteiger partial charge in [0.15, 0.2) is 0 Å². The molecule has 1 saturated heterocycles. The molecule has 3 heteroatoms. The molecule has 24 heavy (non-hydrogen) atoms. The minimum absolute atomic E-state index is 0.0429. The first-order valence-electron chi connectivity index (χ1n) is 8.76. The van der Waals surface area contributed by atoms with Crippen molar-refractivity contribution in [2.24, 2.45) is 5.41 Å². The van der Waals surface area contributed by atoms with Gasteiger partial charge in [-0.05, 0) is 56.0 Å². The van der Waals surface area contributed by atoms with Gasteiger partial charge in [0.2, 0.25) is 0 Å². The van der Waals surface area contributed by atoms with E-state index in [1.54, 1.807) is 0 Å². The van der Waals surface area contributed by atoms with Crippen LogP contribution in [0.15, 0.2) is 54.6 Å². The highest BCUT2D eigenvalue weighted by atomic mass is 16.5. The first-order valence-corrected chi connectivity index (χ1v) is 8.76. The van der Waals surface area contributed by atoms with Crippen LogP contribution in [-0.2, 0) is 16.0 Å². The fourth-order valence-corrected chi connectivity index (χ4v) is 3.48. The zero-order valence-electron chi connectivity index (χ0n) is 14.3. The second kappa shape index (κ2) is 7.63. The quantitative estimate of drug-likeness (QED) is 0.850. The fraction of sp³-hybridized carbons (Fsp3) is 0.381. The van der Waals surface area contributed by atoms with Crippen molar-refractivity contribution >= 4 is 5.97 Å². The third-order valence-corrected chi connectivity index (χ3v) is 4.87. The van der Waals surface area contributed by atoms with Crippen LogP contribution in [0.4, 0.5) is 0 Å². The van der Waals surface area contributed by atoms with Crippen LogP contribution >= 0.6 is 0 Å². The molecule has 0 spiro atoms. The number of rotatable bonds is 5. The van der Waals surface area contributed by atoms with Crippen molar-refractivity contribution in [3.05, 3.63) is 60.2 Å². The molecule has 1 aliphatic heterocycles. The molecule has 1 aliphatic rings. The number of benzene rings is 2. The Labute approximate surface area is 144 Å². The predicted molar refractivity (Wildman–Crippen MR) is 96.8 cm³/mol. The van der Waals surface area contributed by atoms with Gasteiger partial charge in [-0.15, -0.1) is 0 Å². The summed E-state index contributed by atoms with van der Waals surface area (Å²) in [6.45, 7) is 4.07. The van der Waals surface area contributed by atoms with Gasteiger partial charge >= 0.3 is 5.97 Å². The Morgan fingerprint density at radius 2 is 1.62 bits per heavy atom. The van der Waals surface area contributed by atoms with Crippen molar-refractivity contribution in [1.29, 1.82) is 0 Å². The molecule has 3 rings (SSSR count). The van der Waals surface area contributed by atoms with Crippen LogP contribution < -0.4 is 5.32 Å². The summed E-state index contributed by atoms with van der Waals surface area (Å²) in [5.41, 5.74) is 3.24. The molecule has 126 valence electrons. The van der Waals surface area contributed by atoms with E-state index in [2.05, 4.69) is 41.7 Å². The molecule has 0 aliphatic carbocycles. The van der Waals surface area contributed by atoms with Gasteiger partial charge in [0, 0.05) is 0 Å². The SMILES string of the molecule is CCOC(=O)C1(Cc2ccc(-c3ccccc3)cc2)CCNCC1. The summed E-state index contributed by atoms with van der Waals surface area (Å²) in [7, 11) is 0. The number of esters is 1. The summed E-state index contributed by atoms with van der Waals surface area (Å²) < 4.78 is 5.38. The van der Waals surface area contributed by atoms with Gasteiger partial charge in [0.1, 0.15) is 0 Å². The van der Waals surface area contributed by atoms with Crippen molar-refractivity contribution < 1.29 is 9.53 Å². The van der Waals surface area contributed by atoms with Crippen LogP contribution in [0.1, 0.15) is 25.3 Å². The Morgan fingerprint density at radius 1 is 1.00 bits per heavy atom. The molecule has 0 bridgehead atoms. The van der Waals surface area contributed by atoms with E-state index < -0.39 is 0 Å². The lowest BCUT2D eigenvalue weighted by atomic mass is 9.74. The fourth-order valence-electron chi connectivity index (χ4n) is 3.48. The predicted octanol–water partition coefficient (Wildman–Crippen LogP) is 3.83. The Hall–Kier alpha value is -2.13. The number of hydrogen-bond acceptors (Lipinski definition) is 3. The minimum atomic E-state index is -0.379. The first-order chi connectivity index (χ1) is 11.7. The molecule has 3 nitrogen and oxygen atoms in total. The van der Waals surface area contributed by atoms with Crippen molar-refractivity contribution in [2.45, 2.75) is 26.2 Å². The van der Waals surface area contributed by atoms with Gasteiger partial charge < -0.3 is 10.1 Å². The van der Waals surface area contributed by atoms with E-state index in [1.807, 2.05) is 25.1 Å². The zero-order chi connectivity index (χ0) is 16.8. The van der Waals surface area contributed by atoms with Gasteiger partial charge in [0.05, 0.1) is 12.0 Å². The molecule has 2 aromatic carbocycles. The third kappa shape index (κ3) is 3.68. The molecule has 1 N–H and O–H groups in total. The lowest BCUT2D eigenvalue weighted by molar-refractivity contribution is -0.157. The summed E-state index contributed by atoms with van der Waals surface area (Å²) >= 11 is 0. The van der Waals surface area contributed by atoms with Gasteiger partial charge in [-0.25, -0.2) is 0 Å². The highest BCUT2D eigenvalue weighted by Crippen LogP contribution is 2.35. The highest BCUT2D eigenvalue weighted by Gasteiger charge is 2.40. The van der Waals surface area contributed by atoms with E-state index in [1.165, 1.54) is 16.7 Å². The van der Waals surface area contributed by atoms with Gasteiger partial charge in [-0.1, -0.05) is 54.6 Å². The monoisotopic (exact) mass is 323 g/mol. The third-order valence-electron chi connectivity index (χ3n) is 4.87. The van der Waals surface area contributed by atoms with E-state index >= 15 is 0 Å². The number of carbonyl (C=O) groups excluding carboxylic acids is 1. The Balaban J connectivity index is 1.79. The van der Waals surface area contributed by atoms with E-state index in [9.17, 15) is 4.79 Å². The summed E-state index contributed by atoms with van der Waals surface area (Å²) in [4.78, 5) is 12.6. The molecule has 1 fully saturated rings. The highest BCUT2D eigenvalue weighted by molar-refractivity contribution is 5.77. The summed E-state index contributed by atoms with van der Waals surface area (Å²) in [6, 6.07) is 18.9. The van der Waals surface area contributed by atoms with E-state index in [0.717, 1.165) is 32.4 Å². The van der Waals surface area contributed by atoms with E-state index in [0.29, 0.717) is 6.61 Å². The molecule has 0 saturated carbocycles. The van der Waals surface area contributed by atoms with Crippen molar-refractivity contribution in [3.8, 4) is 11.1 Å². The number of ether oxygens (including phenoxy) is 1. The number of piperidine rings is 1. The summed E-state index contributed by atoms with van der Waals surface area (Å²) in [5.74, 6) is -0.0429. The van der Waals surface area contributed by atoms with Gasteiger partial charge in [-0.2, -0.15) is 0 Å². The van der Waals surface area contributed by atoms with Crippen molar-refractivity contribution in [2.75, 3.05) is 19.7 Å². The van der Waals surface area contributed by atoms with Gasteiger partial charge in [0.25, 0.3) is 0 Å². The Kier molecular flexibility index (Phi) is 5.31.